The number of hydrogen-bond donors (Lipinski definition) is 1. The molecule has 38 heavy (non-hydrogen) atoms. The van der Waals surface area contributed by atoms with Crippen molar-refractivity contribution in [3.63, 3.8) is 0 Å². The molecule has 1 aliphatic rings. The number of anilines is 1. The zero-order chi connectivity index (χ0) is 27.6. The summed E-state index contributed by atoms with van der Waals surface area (Å²) in [6.07, 6.45) is -0.697. The fourth-order valence-corrected chi connectivity index (χ4v) is 6.25. The summed E-state index contributed by atoms with van der Waals surface area (Å²) in [6.45, 7) is 4.94. The maximum Gasteiger partial charge on any atom is 0.389 e. The Morgan fingerprint density at radius 1 is 1.08 bits per heavy atom. The van der Waals surface area contributed by atoms with E-state index in [-0.39, 0.29) is 22.6 Å². The molecule has 2 aromatic carbocycles. The standard InChI is InChI=1S/C28H32F3N3O3S/c1-3-20-12-17-32-25-23(20)6-4-7-24(25)38(36,37)33-22-10-8-21(9-11-22)26(35)34-18-15-27(2,16-19-34)13-5-14-28(29,30)31/h4,6-12,17,33H,3,5,13-16,18-19H2,1-2H3. The van der Waals surface area contributed by atoms with Crippen molar-refractivity contribution in [3.05, 3.63) is 65.9 Å². The molecule has 6 nitrogen and oxygen atoms in total. The molecular weight excluding hydrogens is 515 g/mol. The number of aromatic nitrogens is 1. The minimum absolute atomic E-state index is 0.0806. The number of piperidine rings is 1. The van der Waals surface area contributed by atoms with Gasteiger partial charge in [0.1, 0.15) is 4.90 Å². The Kier molecular flexibility index (Phi) is 8.01. The number of carbonyl (C=O) groups is 1. The molecule has 2 heterocycles. The van der Waals surface area contributed by atoms with Gasteiger partial charge in [-0.1, -0.05) is 26.0 Å². The number of aryl methyl sites for hydroxylation is 1. The lowest BCUT2D eigenvalue weighted by Gasteiger charge is -2.39. The van der Waals surface area contributed by atoms with Gasteiger partial charge in [0.15, 0.2) is 0 Å². The van der Waals surface area contributed by atoms with E-state index in [0.29, 0.717) is 49.1 Å². The van der Waals surface area contributed by atoms with E-state index >= 15 is 0 Å². The van der Waals surface area contributed by atoms with Crippen LogP contribution in [0.4, 0.5) is 18.9 Å². The fourth-order valence-electron chi connectivity index (χ4n) is 5.02. The largest absolute Gasteiger partial charge is 0.389 e. The summed E-state index contributed by atoms with van der Waals surface area (Å²) >= 11 is 0. The maximum atomic E-state index is 13.2. The summed E-state index contributed by atoms with van der Waals surface area (Å²) in [6, 6.07) is 13.2. The molecule has 0 atom stereocenters. The Morgan fingerprint density at radius 2 is 1.76 bits per heavy atom. The van der Waals surface area contributed by atoms with Crippen LogP contribution in [0.15, 0.2) is 59.6 Å². The number of hydrogen-bond acceptors (Lipinski definition) is 4. The molecule has 10 heteroatoms. The van der Waals surface area contributed by atoms with E-state index in [9.17, 15) is 26.4 Å². The van der Waals surface area contributed by atoms with Gasteiger partial charge >= 0.3 is 6.18 Å². The lowest BCUT2D eigenvalue weighted by Crippen LogP contribution is -2.42. The Labute approximate surface area is 221 Å². The lowest BCUT2D eigenvalue weighted by atomic mass is 9.76. The van der Waals surface area contributed by atoms with Crippen LogP contribution in [-0.4, -0.2) is 43.5 Å². The summed E-state index contributed by atoms with van der Waals surface area (Å²) in [7, 11) is -3.93. The normalized spacial score (nSPS) is 16.0. The van der Waals surface area contributed by atoms with E-state index in [1.54, 1.807) is 41.4 Å². The zero-order valence-corrected chi connectivity index (χ0v) is 22.3. The van der Waals surface area contributed by atoms with Crippen LogP contribution in [0, 0.1) is 5.41 Å². The Balaban J connectivity index is 1.40. The zero-order valence-electron chi connectivity index (χ0n) is 21.5. The van der Waals surface area contributed by atoms with Crippen LogP contribution in [0.25, 0.3) is 10.9 Å². The van der Waals surface area contributed by atoms with Gasteiger partial charge in [0, 0.05) is 42.3 Å². The third-order valence-electron chi connectivity index (χ3n) is 7.38. The van der Waals surface area contributed by atoms with E-state index in [4.69, 9.17) is 0 Å². The molecule has 1 fully saturated rings. The number of fused-ring (bicyclic) bond motifs is 1. The van der Waals surface area contributed by atoms with E-state index in [1.807, 2.05) is 26.0 Å². The highest BCUT2D eigenvalue weighted by Crippen LogP contribution is 2.38. The molecule has 204 valence electrons. The number of amides is 1. The molecule has 1 aliphatic heterocycles. The van der Waals surface area contributed by atoms with Gasteiger partial charge in [0.05, 0.1) is 5.52 Å². The predicted octanol–water partition coefficient (Wildman–Crippen LogP) is 6.57. The van der Waals surface area contributed by atoms with Gasteiger partial charge < -0.3 is 4.90 Å². The summed E-state index contributed by atoms with van der Waals surface area (Å²) in [5.74, 6) is -0.179. The Morgan fingerprint density at radius 3 is 2.39 bits per heavy atom. The minimum Gasteiger partial charge on any atom is -0.339 e. The maximum absolute atomic E-state index is 13.2. The summed E-state index contributed by atoms with van der Waals surface area (Å²) in [5.41, 5.74) is 1.95. The molecule has 0 radical (unpaired) electrons. The van der Waals surface area contributed by atoms with Crippen molar-refractivity contribution in [1.82, 2.24) is 9.88 Å². The van der Waals surface area contributed by atoms with Crippen LogP contribution in [0.2, 0.25) is 0 Å². The number of nitrogens with zero attached hydrogens (tertiary/aromatic N) is 2. The molecule has 0 spiro atoms. The average molecular weight is 548 g/mol. The number of benzene rings is 2. The number of likely N-dealkylation sites (tertiary alicyclic amines) is 1. The van der Waals surface area contributed by atoms with Crippen molar-refractivity contribution in [2.75, 3.05) is 17.8 Å². The van der Waals surface area contributed by atoms with Gasteiger partial charge in [-0.15, -0.1) is 0 Å². The molecule has 4 rings (SSSR count). The van der Waals surface area contributed by atoms with Gasteiger partial charge in [-0.2, -0.15) is 13.2 Å². The fraction of sp³-hybridized carbons (Fsp3) is 0.429. The molecular formula is C28H32F3N3O3S. The average Bonchev–Trinajstić information content (AvgIpc) is 2.87. The second kappa shape index (κ2) is 10.9. The second-order valence-electron chi connectivity index (χ2n) is 10.2. The highest BCUT2D eigenvalue weighted by atomic mass is 32.2. The molecule has 0 unspecified atom stereocenters. The van der Waals surface area contributed by atoms with Gasteiger partial charge in [0.2, 0.25) is 0 Å². The molecule has 1 aromatic heterocycles. The molecule has 3 aromatic rings. The van der Waals surface area contributed by atoms with E-state index in [1.165, 1.54) is 6.07 Å². The number of carbonyl (C=O) groups excluding carboxylic acids is 1. The highest BCUT2D eigenvalue weighted by Gasteiger charge is 2.34. The Hall–Kier alpha value is -3.14. The molecule has 0 saturated carbocycles. The summed E-state index contributed by atoms with van der Waals surface area (Å²) in [5, 5.41) is 0.789. The first-order valence-corrected chi connectivity index (χ1v) is 14.2. The molecule has 0 bridgehead atoms. The van der Waals surface area contributed by atoms with Crippen molar-refractivity contribution in [2.45, 2.75) is 63.4 Å². The molecule has 1 amide bonds. The van der Waals surface area contributed by atoms with Gasteiger partial charge in [0.25, 0.3) is 15.9 Å². The van der Waals surface area contributed by atoms with Crippen molar-refractivity contribution < 1.29 is 26.4 Å². The van der Waals surface area contributed by atoms with Crippen molar-refractivity contribution in [2.24, 2.45) is 5.41 Å². The van der Waals surface area contributed by atoms with Crippen LogP contribution >= 0.6 is 0 Å². The van der Waals surface area contributed by atoms with Crippen molar-refractivity contribution >= 4 is 32.5 Å². The third kappa shape index (κ3) is 6.46. The number of para-hydroxylation sites is 1. The quantitative estimate of drug-likeness (QED) is 0.346. The van der Waals surface area contributed by atoms with E-state index in [2.05, 4.69) is 9.71 Å². The Bertz CT molecular complexity index is 1400. The number of nitrogens with one attached hydrogen (secondary N) is 1. The van der Waals surface area contributed by atoms with Crippen LogP contribution in [0.5, 0.6) is 0 Å². The first-order chi connectivity index (χ1) is 17.9. The lowest BCUT2D eigenvalue weighted by molar-refractivity contribution is -0.136. The number of sulfonamides is 1. The van der Waals surface area contributed by atoms with Gasteiger partial charge in [-0.05, 0) is 79.5 Å². The van der Waals surface area contributed by atoms with Gasteiger partial charge in [-0.25, -0.2) is 8.42 Å². The van der Waals surface area contributed by atoms with E-state index < -0.39 is 22.6 Å². The van der Waals surface area contributed by atoms with Crippen molar-refractivity contribution in [3.8, 4) is 0 Å². The predicted molar refractivity (Wildman–Crippen MR) is 142 cm³/mol. The number of pyridine rings is 1. The third-order valence-corrected chi connectivity index (χ3v) is 8.79. The van der Waals surface area contributed by atoms with Crippen molar-refractivity contribution in [1.29, 1.82) is 0 Å². The summed E-state index contributed by atoms with van der Waals surface area (Å²) < 4.78 is 66.4. The molecule has 1 saturated heterocycles. The SMILES string of the molecule is CCc1ccnc2c(S(=O)(=O)Nc3ccc(C(=O)N4CCC(C)(CCCC(F)(F)F)CC4)cc3)cccc12. The molecule has 0 aliphatic carbocycles. The van der Waals surface area contributed by atoms with Crippen LogP contribution in [0.1, 0.15) is 61.9 Å². The highest BCUT2D eigenvalue weighted by molar-refractivity contribution is 7.93. The van der Waals surface area contributed by atoms with Gasteiger partial charge in [-0.3, -0.25) is 14.5 Å². The smallest absolute Gasteiger partial charge is 0.339 e. The topological polar surface area (TPSA) is 79.4 Å². The second-order valence-corrected chi connectivity index (χ2v) is 11.9. The van der Waals surface area contributed by atoms with Crippen LogP contribution < -0.4 is 4.72 Å². The van der Waals surface area contributed by atoms with E-state index in [0.717, 1.165) is 17.4 Å². The first-order valence-electron chi connectivity index (χ1n) is 12.8. The van der Waals surface area contributed by atoms with Crippen LogP contribution in [0.3, 0.4) is 0 Å². The number of halogens is 3. The number of rotatable bonds is 8. The summed E-state index contributed by atoms with van der Waals surface area (Å²) in [4.78, 5) is 19.1. The molecule has 1 N–H and O–H groups in total. The minimum atomic E-state index is -4.14. The monoisotopic (exact) mass is 547 g/mol. The van der Waals surface area contributed by atoms with Crippen LogP contribution in [-0.2, 0) is 16.4 Å². The first kappa shape index (κ1) is 27.9. The number of alkyl halides is 3.